The summed E-state index contributed by atoms with van der Waals surface area (Å²) in [5, 5.41) is 9.17. The molecule has 0 aliphatic heterocycles. The molecule has 5 rings (SSSR count). The van der Waals surface area contributed by atoms with Crippen molar-refractivity contribution in [1.82, 2.24) is 19.6 Å². The second kappa shape index (κ2) is 6.03. The van der Waals surface area contributed by atoms with Gasteiger partial charge in [0.05, 0.1) is 11.1 Å². The maximum absolute atomic E-state index is 5.77. The minimum atomic E-state index is -0.0417. The molecule has 0 radical (unpaired) electrons. The largest absolute Gasteiger partial charge is 0.441 e. The Morgan fingerprint density at radius 3 is 2.39 bits per heavy atom. The Hall–Kier alpha value is -2.95. The third-order valence-corrected chi connectivity index (χ3v) is 5.87. The maximum atomic E-state index is 5.77. The Morgan fingerprint density at radius 1 is 1.04 bits per heavy atom. The van der Waals surface area contributed by atoms with Crippen LogP contribution in [0.4, 0.5) is 0 Å². The van der Waals surface area contributed by atoms with E-state index in [0.717, 1.165) is 41.3 Å². The van der Waals surface area contributed by atoms with Crippen LogP contribution in [0.15, 0.2) is 47.0 Å². The van der Waals surface area contributed by atoms with Gasteiger partial charge in [0.25, 0.3) is 0 Å². The summed E-state index contributed by atoms with van der Waals surface area (Å²) in [7, 11) is 0. The van der Waals surface area contributed by atoms with Gasteiger partial charge < -0.3 is 4.42 Å². The quantitative estimate of drug-likeness (QED) is 0.494. The van der Waals surface area contributed by atoms with Gasteiger partial charge in [-0.15, -0.1) is 10.2 Å². The lowest BCUT2D eigenvalue weighted by atomic mass is 9.93. The normalized spacial score (nSPS) is 15.5. The molecule has 3 aromatic heterocycles. The van der Waals surface area contributed by atoms with Crippen molar-refractivity contribution in [3.05, 3.63) is 71.1 Å². The van der Waals surface area contributed by atoms with Crippen LogP contribution >= 0.6 is 0 Å². The van der Waals surface area contributed by atoms with E-state index in [-0.39, 0.29) is 5.41 Å². The van der Waals surface area contributed by atoms with Crippen molar-refractivity contribution < 1.29 is 4.42 Å². The number of aryl methyl sites for hydroxylation is 2. The minimum Gasteiger partial charge on any atom is -0.441 e. The molecular weight excluding hydrogens is 348 g/mol. The first-order valence-corrected chi connectivity index (χ1v) is 9.89. The lowest BCUT2D eigenvalue weighted by Crippen LogP contribution is -2.13. The Kier molecular flexibility index (Phi) is 3.69. The zero-order chi connectivity index (χ0) is 19.5. The fraction of sp³-hybridized carbons (Fsp3) is 0.348. The van der Waals surface area contributed by atoms with Crippen molar-refractivity contribution in [1.29, 1.82) is 0 Å². The van der Waals surface area contributed by atoms with E-state index in [2.05, 4.69) is 76.0 Å². The van der Waals surface area contributed by atoms with Crippen LogP contribution in [0, 0.1) is 13.8 Å². The highest BCUT2D eigenvalue weighted by Gasteiger charge is 2.49. The predicted molar refractivity (Wildman–Crippen MR) is 109 cm³/mol. The zero-order valence-electron chi connectivity index (χ0n) is 16.7. The van der Waals surface area contributed by atoms with Crippen molar-refractivity contribution in [3.8, 4) is 11.3 Å². The van der Waals surface area contributed by atoms with E-state index in [9.17, 15) is 0 Å². The fourth-order valence-electron chi connectivity index (χ4n) is 4.22. The van der Waals surface area contributed by atoms with Gasteiger partial charge in [0.15, 0.2) is 17.3 Å². The molecule has 0 bridgehead atoms. The first kappa shape index (κ1) is 17.2. The number of pyridine rings is 1. The smallest absolute Gasteiger partial charge is 0.192 e. The van der Waals surface area contributed by atoms with E-state index in [0.29, 0.717) is 11.8 Å². The number of benzene rings is 1. The molecule has 0 N–H and O–H groups in total. The third-order valence-electron chi connectivity index (χ3n) is 5.87. The standard InChI is InChI=1S/C23H24N4O/c1-14(2)19-6-5-13-27-21(19)25-26-22(27)23(11-12-23)18-9-7-17(8-10-18)20-15(3)24-16(4)28-20/h5-10,13-14H,11-12H2,1-4H3. The van der Waals surface area contributed by atoms with Crippen LogP contribution in [0.5, 0.6) is 0 Å². The van der Waals surface area contributed by atoms with Crippen LogP contribution in [-0.4, -0.2) is 19.6 Å². The SMILES string of the molecule is Cc1nc(C)c(-c2ccc(C3(c4nnc5c(C(C)C)cccn45)CC3)cc2)o1. The first-order chi connectivity index (χ1) is 13.5. The molecule has 5 heteroatoms. The molecule has 4 aromatic rings. The molecule has 3 heterocycles. The van der Waals surface area contributed by atoms with Crippen molar-refractivity contribution in [2.24, 2.45) is 0 Å². The molecular formula is C23H24N4O. The maximum Gasteiger partial charge on any atom is 0.192 e. The molecule has 1 aromatic carbocycles. The number of nitrogens with zero attached hydrogens (tertiary/aromatic N) is 4. The highest BCUT2D eigenvalue weighted by Crippen LogP contribution is 2.53. The molecule has 0 amide bonds. The van der Waals surface area contributed by atoms with Crippen LogP contribution < -0.4 is 0 Å². The molecule has 0 atom stereocenters. The summed E-state index contributed by atoms with van der Waals surface area (Å²) in [6.07, 6.45) is 4.28. The fourth-order valence-corrected chi connectivity index (χ4v) is 4.22. The average molecular weight is 372 g/mol. The summed E-state index contributed by atoms with van der Waals surface area (Å²) in [5.74, 6) is 3.02. The monoisotopic (exact) mass is 372 g/mol. The van der Waals surface area contributed by atoms with Crippen LogP contribution in [0.25, 0.3) is 17.0 Å². The molecule has 0 unspecified atom stereocenters. The van der Waals surface area contributed by atoms with E-state index < -0.39 is 0 Å². The van der Waals surface area contributed by atoms with Crippen LogP contribution in [0.1, 0.15) is 61.1 Å². The topological polar surface area (TPSA) is 56.2 Å². The number of fused-ring (bicyclic) bond motifs is 1. The summed E-state index contributed by atoms with van der Waals surface area (Å²) in [6, 6.07) is 12.9. The number of rotatable bonds is 4. The van der Waals surface area contributed by atoms with Crippen LogP contribution in [0.3, 0.4) is 0 Å². The van der Waals surface area contributed by atoms with Gasteiger partial charge in [0, 0.05) is 18.7 Å². The van der Waals surface area contributed by atoms with E-state index in [4.69, 9.17) is 4.42 Å². The van der Waals surface area contributed by atoms with E-state index in [1.54, 1.807) is 0 Å². The van der Waals surface area contributed by atoms with Gasteiger partial charge in [0.2, 0.25) is 0 Å². The molecule has 0 spiro atoms. The summed E-state index contributed by atoms with van der Waals surface area (Å²) >= 11 is 0. The van der Waals surface area contributed by atoms with Crippen molar-refractivity contribution >= 4 is 5.65 Å². The van der Waals surface area contributed by atoms with Crippen LogP contribution in [0.2, 0.25) is 0 Å². The Balaban J connectivity index is 1.56. The second-order valence-corrected chi connectivity index (χ2v) is 8.14. The number of hydrogen-bond acceptors (Lipinski definition) is 4. The molecule has 1 aliphatic carbocycles. The molecule has 28 heavy (non-hydrogen) atoms. The number of oxazole rings is 1. The van der Waals surface area contributed by atoms with Gasteiger partial charge in [-0.3, -0.25) is 4.40 Å². The van der Waals surface area contributed by atoms with Gasteiger partial charge in [-0.1, -0.05) is 44.2 Å². The third kappa shape index (κ3) is 2.49. The summed E-state index contributed by atoms with van der Waals surface area (Å²) in [4.78, 5) is 4.38. The number of hydrogen-bond donors (Lipinski definition) is 0. The van der Waals surface area contributed by atoms with Crippen molar-refractivity contribution in [2.75, 3.05) is 0 Å². The average Bonchev–Trinajstić information content (AvgIpc) is 3.25. The Morgan fingerprint density at radius 2 is 1.79 bits per heavy atom. The highest BCUT2D eigenvalue weighted by molar-refractivity contribution is 5.61. The molecule has 0 saturated heterocycles. The Labute approximate surface area is 164 Å². The second-order valence-electron chi connectivity index (χ2n) is 8.14. The zero-order valence-corrected chi connectivity index (χ0v) is 16.7. The molecule has 1 aliphatic rings. The summed E-state index contributed by atoms with van der Waals surface area (Å²) in [5.41, 5.74) is 5.45. The lowest BCUT2D eigenvalue weighted by molar-refractivity contribution is 0.534. The lowest BCUT2D eigenvalue weighted by Gasteiger charge is -2.15. The van der Waals surface area contributed by atoms with Gasteiger partial charge >= 0.3 is 0 Å². The summed E-state index contributed by atoms with van der Waals surface area (Å²) < 4.78 is 7.95. The predicted octanol–water partition coefficient (Wildman–Crippen LogP) is 5.20. The van der Waals surface area contributed by atoms with Gasteiger partial charge in [0.1, 0.15) is 5.82 Å². The van der Waals surface area contributed by atoms with Gasteiger partial charge in [-0.25, -0.2) is 4.98 Å². The summed E-state index contributed by atoms with van der Waals surface area (Å²) in [6.45, 7) is 8.26. The molecule has 1 saturated carbocycles. The minimum absolute atomic E-state index is 0.0417. The van der Waals surface area contributed by atoms with Crippen LogP contribution in [-0.2, 0) is 5.41 Å². The van der Waals surface area contributed by atoms with E-state index in [1.165, 1.54) is 11.1 Å². The van der Waals surface area contributed by atoms with Crippen molar-refractivity contribution in [3.63, 3.8) is 0 Å². The van der Waals surface area contributed by atoms with E-state index in [1.807, 2.05) is 13.8 Å². The molecule has 5 nitrogen and oxygen atoms in total. The van der Waals surface area contributed by atoms with Gasteiger partial charge in [-0.05, 0) is 42.9 Å². The van der Waals surface area contributed by atoms with Gasteiger partial charge in [-0.2, -0.15) is 0 Å². The first-order valence-electron chi connectivity index (χ1n) is 9.89. The van der Waals surface area contributed by atoms with Crippen molar-refractivity contribution in [2.45, 2.75) is 51.9 Å². The Bertz CT molecular complexity index is 1160. The van der Waals surface area contributed by atoms with E-state index >= 15 is 0 Å². The number of aromatic nitrogens is 4. The molecule has 1 fully saturated rings. The highest BCUT2D eigenvalue weighted by atomic mass is 16.4. The molecule has 142 valence electrons.